The van der Waals surface area contributed by atoms with Crippen LogP contribution in [0.25, 0.3) is 0 Å². The standard InChI is InChI=1S/C16H18FN5/c17-15-8-12(9-18)3-4-16(15)22-7-1-2-14(11-22)19-10-13-5-6-20-21-13/h3-6,8,14,19H,1-2,7,10-11H2,(H,20,21)/t14-/m0/s1. The Labute approximate surface area is 128 Å². The highest BCUT2D eigenvalue weighted by Crippen LogP contribution is 2.24. The van der Waals surface area contributed by atoms with E-state index in [1.165, 1.54) is 6.07 Å². The summed E-state index contributed by atoms with van der Waals surface area (Å²) < 4.78 is 14.1. The van der Waals surface area contributed by atoms with Gasteiger partial charge < -0.3 is 10.2 Å². The van der Waals surface area contributed by atoms with Crippen LogP contribution in [0, 0.1) is 17.1 Å². The highest BCUT2D eigenvalue weighted by Gasteiger charge is 2.22. The number of H-pyrrole nitrogens is 1. The number of hydrogen-bond donors (Lipinski definition) is 2. The number of aromatic amines is 1. The van der Waals surface area contributed by atoms with E-state index in [2.05, 4.69) is 15.5 Å². The number of hydrogen-bond acceptors (Lipinski definition) is 4. The van der Waals surface area contributed by atoms with E-state index in [1.807, 2.05) is 17.0 Å². The molecule has 1 fully saturated rings. The molecule has 1 atom stereocenters. The monoisotopic (exact) mass is 299 g/mol. The molecule has 0 amide bonds. The fourth-order valence-electron chi connectivity index (χ4n) is 2.83. The molecule has 22 heavy (non-hydrogen) atoms. The van der Waals surface area contributed by atoms with Gasteiger partial charge in [-0.2, -0.15) is 10.4 Å². The van der Waals surface area contributed by atoms with Crippen molar-refractivity contribution in [2.75, 3.05) is 18.0 Å². The molecule has 1 aromatic heterocycles. The highest BCUT2D eigenvalue weighted by atomic mass is 19.1. The second-order valence-corrected chi connectivity index (χ2v) is 5.53. The highest BCUT2D eigenvalue weighted by molar-refractivity contribution is 5.51. The molecule has 0 bridgehead atoms. The number of benzene rings is 1. The van der Waals surface area contributed by atoms with Crippen molar-refractivity contribution in [1.29, 1.82) is 5.26 Å². The molecule has 1 aliphatic rings. The first-order chi connectivity index (χ1) is 10.8. The predicted molar refractivity (Wildman–Crippen MR) is 81.8 cm³/mol. The number of nitriles is 1. The summed E-state index contributed by atoms with van der Waals surface area (Å²) in [5.74, 6) is -0.326. The Kier molecular flexibility index (Phi) is 4.35. The predicted octanol–water partition coefficient (Wildman–Crippen LogP) is 2.18. The number of piperidine rings is 1. The normalized spacial score (nSPS) is 18.2. The molecule has 0 unspecified atom stereocenters. The Morgan fingerprint density at radius 1 is 1.45 bits per heavy atom. The number of aromatic nitrogens is 2. The van der Waals surface area contributed by atoms with Gasteiger partial charge in [0.1, 0.15) is 5.82 Å². The molecule has 0 radical (unpaired) electrons. The second kappa shape index (κ2) is 6.58. The molecule has 2 aromatic rings. The first kappa shape index (κ1) is 14.5. The quantitative estimate of drug-likeness (QED) is 0.908. The van der Waals surface area contributed by atoms with Crippen LogP contribution in [0.2, 0.25) is 0 Å². The maximum absolute atomic E-state index is 14.1. The lowest BCUT2D eigenvalue weighted by Gasteiger charge is -2.35. The van der Waals surface area contributed by atoms with Crippen LogP contribution in [-0.4, -0.2) is 29.3 Å². The van der Waals surface area contributed by atoms with Gasteiger partial charge in [0.05, 0.1) is 17.3 Å². The van der Waals surface area contributed by atoms with Gasteiger partial charge in [0.25, 0.3) is 0 Å². The van der Waals surface area contributed by atoms with Gasteiger partial charge in [-0.1, -0.05) is 0 Å². The summed E-state index contributed by atoms with van der Waals surface area (Å²) in [5.41, 5.74) is 1.97. The Hall–Kier alpha value is -2.39. The second-order valence-electron chi connectivity index (χ2n) is 5.53. The average Bonchev–Trinajstić information content (AvgIpc) is 3.06. The van der Waals surface area contributed by atoms with Crippen molar-refractivity contribution in [2.45, 2.75) is 25.4 Å². The largest absolute Gasteiger partial charge is 0.368 e. The van der Waals surface area contributed by atoms with Gasteiger partial charge in [-0.25, -0.2) is 4.39 Å². The fraction of sp³-hybridized carbons (Fsp3) is 0.375. The lowest BCUT2D eigenvalue weighted by Crippen LogP contribution is -2.45. The van der Waals surface area contributed by atoms with E-state index in [0.717, 1.165) is 38.2 Å². The van der Waals surface area contributed by atoms with Crippen molar-refractivity contribution in [1.82, 2.24) is 15.5 Å². The van der Waals surface area contributed by atoms with Crippen molar-refractivity contribution in [2.24, 2.45) is 0 Å². The molecule has 2 N–H and O–H groups in total. The first-order valence-corrected chi connectivity index (χ1v) is 7.42. The summed E-state index contributed by atoms with van der Waals surface area (Å²) in [5, 5.41) is 19.1. The van der Waals surface area contributed by atoms with Gasteiger partial charge in [-0.15, -0.1) is 0 Å². The molecule has 0 saturated carbocycles. The topological polar surface area (TPSA) is 67.7 Å². The Bertz CT molecular complexity index is 662. The van der Waals surface area contributed by atoms with Gasteiger partial charge in [0.2, 0.25) is 0 Å². The van der Waals surface area contributed by atoms with Crippen LogP contribution < -0.4 is 10.2 Å². The van der Waals surface area contributed by atoms with Crippen LogP contribution in [0.1, 0.15) is 24.1 Å². The minimum atomic E-state index is -0.326. The average molecular weight is 299 g/mol. The number of nitrogens with one attached hydrogen (secondary N) is 2. The molecule has 5 nitrogen and oxygen atoms in total. The number of nitrogens with zero attached hydrogens (tertiary/aromatic N) is 3. The zero-order valence-electron chi connectivity index (χ0n) is 12.2. The summed E-state index contributed by atoms with van der Waals surface area (Å²) in [6.07, 6.45) is 3.82. The zero-order valence-corrected chi connectivity index (χ0v) is 12.2. The van der Waals surface area contributed by atoms with Crippen LogP contribution in [0.4, 0.5) is 10.1 Å². The summed E-state index contributed by atoms with van der Waals surface area (Å²) in [6, 6.07) is 8.88. The third-order valence-electron chi connectivity index (χ3n) is 3.98. The molecule has 1 saturated heterocycles. The van der Waals surface area contributed by atoms with Crippen LogP contribution in [0.5, 0.6) is 0 Å². The van der Waals surface area contributed by atoms with Crippen LogP contribution >= 0.6 is 0 Å². The van der Waals surface area contributed by atoms with Crippen molar-refractivity contribution >= 4 is 5.69 Å². The van der Waals surface area contributed by atoms with Gasteiger partial charge in [-0.3, -0.25) is 5.10 Å². The molecule has 2 heterocycles. The van der Waals surface area contributed by atoms with Crippen molar-refractivity contribution in [3.8, 4) is 6.07 Å². The van der Waals surface area contributed by atoms with E-state index in [-0.39, 0.29) is 5.82 Å². The van der Waals surface area contributed by atoms with E-state index in [9.17, 15) is 4.39 Å². The molecule has 114 valence electrons. The van der Waals surface area contributed by atoms with Crippen molar-refractivity contribution < 1.29 is 4.39 Å². The zero-order chi connectivity index (χ0) is 15.4. The van der Waals surface area contributed by atoms with Gasteiger partial charge in [0.15, 0.2) is 0 Å². The van der Waals surface area contributed by atoms with E-state index >= 15 is 0 Å². The maximum Gasteiger partial charge on any atom is 0.147 e. The Morgan fingerprint density at radius 3 is 3.09 bits per heavy atom. The minimum absolute atomic E-state index is 0.312. The number of anilines is 1. The van der Waals surface area contributed by atoms with E-state index < -0.39 is 0 Å². The van der Waals surface area contributed by atoms with Crippen molar-refractivity contribution in [3.63, 3.8) is 0 Å². The van der Waals surface area contributed by atoms with Gasteiger partial charge in [-0.05, 0) is 37.1 Å². The third kappa shape index (κ3) is 3.26. The molecule has 1 aromatic carbocycles. The molecular weight excluding hydrogens is 281 g/mol. The van der Waals surface area contributed by atoms with E-state index in [0.29, 0.717) is 17.3 Å². The summed E-state index contributed by atoms with van der Waals surface area (Å²) in [7, 11) is 0. The van der Waals surface area contributed by atoms with Crippen LogP contribution in [0.3, 0.4) is 0 Å². The Morgan fingerprint density at radius 2 is 2.36 bits per heavy atom. The first-order valence-electron chi connectivity index (χ1n) is 7.42. The van der Waals surface area contributed by atoms with Crippen molar-refractivity contribution in [3.05, 3.63) is 47.5 Å². The third-order valence-corrected chi connectivity index (χ3v) is 3.98. The van der Waals surface area contributed by atoms with Crippen LogP contribution in [0.15, 0.2) is 30.5 Å². The Balaban J connectivity index is 1.64. The summed E-state index contributed by atoms with van der Waals surface area (Å²) >= 11 is 0. The maximum atomic E-state index is 14.1. The molecular formula is C16H18FN5. The van der Waals surface area contributed by atoms with Gasteiger partial charge >= 0.3 is 0 Å². The number of halogens is 1. The van der Waals surface area contributed by atoms with Crippen LogP contribution in [-0.2, 0) is 6.54 Å². The lowest BCUT2D eigenvalue weighted by molar-refractivity contribution is 0.416. The molecule has 0 aliphatic carbocycles. The van der Waals surface area contributed by atoms with E-state index in [1.54, 1.807) is 18.3 Å². The molecule has 0 spiro atoms. The molecule has 3 rings (SSSR count). The molecule has 1 aliphatic heterocycles. The summed E-state index contributed by atoms with van der Waals surface area (Å²) in [4.78, 5) is 2.05. The molecule has 6 heteroatoms. The minimum Gasteiger partial charge on any atom is -0.368 e. The van der Waals surface area contributed by atoms with E-state index in [4.69, 9.17) is 5.26 Å². The SMILES string of the molecule is N#Cc1ccc(N2CCC[C@H](NCc3ccn[nH]3)C2)c(F)c1. The summed E-state index contributed by atoms with van der Waals surface area (Å²) in [6.45, 7) is 2.33. The lowest BCUT2D eigenvalue weighted by atomic mass is 10.0. The fourth-order valence-corrected chi connectivity index (χ4v) is 2.83. The van der Waals surface area contributed by atoms with Gasteiger partial charge in [0, 0.05) is 37.6 Å². The number of rotatable bonds is 4. The smallest absolute Gasteiger partial charge is 0.147 e.